The summed E-state index contributed by atoms with van der Waals surface area (Å²) in [5.74, 6) is 2.31. The predicted molar refractivity (Wildman–Crippen MR) is 94.8 cm³/mol. The molecule has 0 aliphatic heterocycles. The van der Waals surface area contributed by atoms with Crippen molar-refractivity contribution in [2.75, 3.05) is 19.5 Å². The van der Waals surface area contributed by atoms with Gasteiger partial charge in [0.15, 0.2) is 0 Å². The number of carbonyl (C=O) groups is 1. The van der Waals surface area contributed by atoms with Crippen LogP contribution in [-0.2, 0) is 0 Å². The highest BCUT2D eigenvalue weighted by Crippen LogP contribution is 2.45. The quantitative estimate of drug-likeness (QED) is 0.817. The molecule has 1 aliphatic carbocycles. The molecule has 0 bridgehead atoms. The molecule has 1 aliphatic rings. The minimum atomic E-state index is -0.265. The van der Waals surface area contributed by atoms with E-state index in [1.165, 1.54) is 0 Å². The summed E-state index contributed by atoms with van der Waals surface area (Å²) in [7, 11) is 3.27. The van der Waals surface area contributed by atoms with Crippen LogP contribution in [0, 0.1) is 0 Å². The van der Waals surface area contributed by atoms with Gasteiger partial charge < -0.3 is 14.8 Å². The SMILES string of the molecule is COc1ccc(OC)c([C@H]2C[C@H]2NC(=O)Nc2ccc(Br)cn2)c1. The number of hydrogen-bond donors (Lipinski definition) is 2. The molecule has 1 saturated carbocycles. The molecule has 1 aromatic carbocycles. The van der Waals surface area contributed by atoms with E-state index in [0.717, 1.165) is 28.0 Å². The van der Waals surface area contributed by atoms with Gasteiger partial charge in [-0.3, -0.25) is 5.32 Å². The average Bonchev–Trinajstić information content (AvgIpc) is 3.35. The summed E-state index contributed by atoms with van der Waals surface area (Å²) in [5, 5.41) is 5.68. The van der Waals surface area contributed by atoms with Crippen LogP contribution in [-0.4, -0.2) is 31.3 Å². The van der Waals surface area contributed by atoms with E-state index < -0.39 is 0 Å². The first-order valence-corrected chi connectivity index (χ1v) is 8.31. The first-order valence-electron chi connectivity index (χ1n) is 7.51. The second-order valence-electron chi connectivity index (χ2n) is 5.52. The van der Waals surface area contributed by atoms with Gasteiger partial charge in [0.25, 0.3) is 0 Å². The van der Waals surface area contributed by atoms with Gasteiger partial charge in [0, 0.05) is 28.2 Å². The number of urea groups is 1. The van der Waals surface area contributed by atoms with Crippen LogP contribution in [0.25, 0.3) is 0 Å². The van der Waals surface area contributed by atoms with Crippen molar-refractivity contribution < 1.29 is 14.3 Å². The molecule has 126 valence electrons. The highest BCUT2D eigenvalue weighted by Gasteiger charge is 2.41. The summed E-state index contributed by atoms with van der Waals surface area (Å²) in [6, 6.07) is 9.07. The lowest BCUT2D eigenvalue weighted by atomic mass is 10.1. The molecule has 1 fully saturated rings. The molecule has 1 aromatic heterocycles. The zero-order valence-corrected chi connectivity index (χ0v) is 15.0. The lowest BCUT2D eigenvalue weighted by Crippen LogP contribution is -2.31. The number of benzene rings is 1. The maximum Gasteiger partial charge on any atom is 0.320 e. The number of amides is 2. The monoisotopic (exact) mass is 391 g/mol. The van der Waals surface area contributed by atoms with Gasteiger partial charge in [0.2, 0.25) is 0 Å². The van der Waals surface area contributed by atoms with Gasteiger partial charge in [-0.1, -0.05) is 0 Å². The first-order chi connectivity index (χ1) is 11.6. The van der Waals surface area contributed by atoms with Crippen molar-refractivity contribution in [1.82, 2.24) is 10.3 Å². The fraction of sp³-hybridized carbons (Fsp3) is 0.294. The van der Waals surface area contributed by atoms with Crippen LogP contribution < -0.4 is 20.1 Å². The fourth-order valence-electron chi connectivity index (χ4n) is 2.60. The molecule has 3 rings (SSSR count). The molecular formula is C17H18BrN3O3. The van der Waals surface area contributed by atoms with Crippen LogP contribution in [0.15, 0.2) is 41.0 Å². The fourth-order valence-corrected chi connectivity index (χ4v) is 2.83. The number of rotatable bonds is 5. The largest absolute Gasteiger partial charge is 0.497 e. The first kappa shape index (κ1) is 16.6. The number of anilines is 1. The smallest absolute Gasteiger partial charge is 0.320 e. The summed E-state index contributed by atoms with van der Waals surface area (Å²) < 4.78 is 11.5. The van der Waals surface area contributed by atoms with E-state index in [4.69, 9.17) is 9.47 Å². The van der Waals surface area contributed by atoms with E-state index in [0.29, 0.717) is 5.82 Å². The van der Waals surface area contributed by atoms with Crippen molar-refractivity contribution in [2.24, 2.45) is 0 Å². The molecule has 2 aromatic rings. The molecule has 6 nitrogen and oxygen atoms in total. The third-order valence-electron chi connectivity index (χ3n) is 3.91. The molecule has 0 spiro atoms. The van der Waals surface area contributed by atoms with Crippen molar-refractivity contribution in [1.29, 1.82) is 0 Å². The Labute approximate surface area is 148 Å². The number of aromatic nitrogens is 1. The third-order valence-corrected chi connectivity index (χ3v) is 4.38. The number of ether oxygens (including phenoxy) is 2. The number of halogens is 1. The topological polar surface area (TPSA) is 72.5 Å². The van der Waals surface area contributed by atoms with E-state index in [1.54, 1.807) is 26.5 Å². The number of carbonyl (C=O) groups excluding carboxylic acids is 1. The Bertz CT molecular complexity index is 736. The van der Waals surface area contributed by atoms with E-state index in [1.807, 2.05) is 24.3 Å². The number of nitrogens with one attached hydrogen (secondary N) is 2. The highest BCUT2D eigenvalue weighted by atomic mass is 79.9. The van der Waals surface area contributed by atoms with Gasteiger partial charge in [-0.05, 0) is 52.7 Å². The van der Waals surface area contributed by atoms with Crippen molar-refractivity contribution >= 4 is 27.8 Å². The average molecular weight is 392 g/mol. The second-order valence-corrected chi connectivity index (χ2v) is 6.43. The molecule has 0 saturated heterocycles. The molecule has 2 N–H and O–H groups in total. The predicted octanol–water partition coefficient (Wildman–Crippen LogP) is 3.54. The van der Waals surface area contributed by atoms with Crippen molar-refractivity contribution in [3.05, 3.63) is 46.6 Å². The van der Waals surface area contributed by atoms with Crippen LogP contribution in [0.1, 0.15) is 17.9 Å². The zero-order chi connectivity index (χ0) is 17.1. The second kappa shape index (κ2) is 7.09. The third kappa shape index (κ3) is 3.79. The van der Waals surface area contributed by atoms with Gasteiger partial charge in [0.1, 0.15) is 17.3 Å². The summed E-state index contributed by atoms with van der Waals surface area (Å²) in [6.45, 7) is 0. The van der Waals surface area contributed by atoms with Crippen LogP contribution >= 0.6 is 15.9 Å². The molecule has 7 heteroatoms. The van der Waals surface area contributed by atoms with Crippen molar-refractivity contribution in [3.8, 4) is 11.5 Å². The number of pyridine rings is 1. The summed E-state index contributed by atoms with van der Waals surface area (Å²) in [5.41, 5.74) is 1.05. The Morgan fingerprint density at radius 1 is 1.25 bits per heavy atom. The van der Waals surface area contributed by atoms with Crippen LogP contribution in [0.4, 0.5) is 10.6 Å². The molecule has 24 heavy (non-hydrogen) atoms. The van der Waals surface area contributed by atoms with Crippen LogP contribution in [0.2, 0.25) is 0 Å². The van der Waals surface area contributed by atoms with Gasteiger partial charge in [-0.2, -0.15) is 0 Å². The molecule has 0 unspecified atom stereocenters. The Hall–Kier alpha value is -2.28. The number of methoxy groups -OCH3 is 2. The van der Waals surface area contributed by atoms with E-state index in [2.05, 4.69) is 31.5 Å². The summed E-state index contributed by atoms with van der Waals surface area (Å²) in [6.07, 6.45) is 2.50. The normalized spacial score (nSPS) is 18.6. The van der Waals surface area contributed by atoms with Gasteiger partial charge >= 0.3 is 6.03 Å². The zero-order valence-electron chi connectivity index (χ0n) is 13.4. The Morgan fingerprint density at radius 3 is 2.75 bits per heavy atom. The van der Waals surface area contributed by atoms with Crippen LogP contribution in [0.5, 0.6) is 11.5 Å². The van der Waals surface area contributed by atoms with E-state index in [9.17, 15) is 4.79 Å². The van der Waals surface area contributed by atoms with Gasteiger partial charge in [-0.25, -0.2) is 9.78 Å². The van der Waals surface area contributed by atoms with Crippen molar-refractivity contribution in [2.45, 2.75) is 18.4 Å². The molecule has 1 heterocycles. The molecule has 2 amide bonds. The lowest BCUT2D eigenvalue weighted by molar-refractivity contribution is 0.251. The van der Waals surface area contributed by atoms with E-state index >= 15 is 0 Å². The maximum atomic E-state index is 12.1. The van der Waals surface area contributed by atoms with E-state index in [-0.39, 0.29) is 18.0 Å². The van der Waals surface area contributed by atoms with Crippen LogP contribution in [0.3, 0.4) is 0 Å². The molecule has 0 radical (unpaired) electrons. The standard InChI is InChI=1S/C17H18BrN3O3/c1-23-11-4-5-15(24-2)13(7-11)12-8-14(12)20-17(22)21-16-6-3-10(18)9-19-16/h3-7,9,12,14H,8H2,1-2H3,(H2,19,20,21,22)/t12-,14-/m1/s1. The molecular weight excluding hydrogens is 374 g/mol. The maximum absolute atomic E-state index is 12.1. The van der Waals surface area contributed by atoms with Gasteiger partial charge in [0.05, 0.1) is 14.2 Å². The minimum Gasteiger partial charge on any atom is -0.497 e. The Morgan fingerprint density at radius 2 is 2.08 bits per heavy atom. The van der Waals surface area contributed by atoms with Gasteiger partial charge in [-0.15, -0.1) is 0 Å². The van der Waals surface area contributed by atoms with Crippen molar-refractivity contribution in [3.63, 3.8) is 0 Å². The highest BCUT2D eigenvalue weighted by molar-refractivity contribution is 9.10. The summed E-state index contributed by atoms with van der Waals surface area (Å²) in [4.78, 5) is 16.2. The number of hydrogen-bond acceptors (Lipinski definition) is 4. The Kier molecular flexibility index (Phi) is 4.89. The minimum absolute atomic E-state index is 0.0708. The Balaban J connectivity index is 1.61. The summed E-state index contributed by atoms with van der Waals surface area (Å²) >= 11 is 3.31. The molecule has 2 atom stereocenters. The lowest BCUT2D eigenvalue weighted by Gasteiger charge is -2.11. The number of nitrogens with zero attached hydrogens (tertiary/aromatic N) is 1.